The number of nitrogen functional groups attached to an aromatic ring is 1. The summed E-state index contributed by atoms with van der Waals surface area (Å²) in [5.74, 6) is -0.203. The normalized spacial score (nSPS) is 20.1. The monoisotopic (exact) mass is 317 g/mol. The number of carbonyl (C=O) groups excluding carboxylic acids is 1. The Labute approximate surface area is 122 Å². The van der Waals surface area contributed by atoms with E-state index in [0.29, 0.717) is 10.9 Å². The van der Waals surface area contributed by atoms with E-state index in [1.165, 1.54) is 0 Å². The first-order chi connectivity index (χ1) is 9.21. The lowest BCUT2D eigenvalue weighted by atomic mass is 10.0. The lowest BCUT2D eigenvalue weighted by molar-refractivity contribution is 0.100. The van der Waals surface area contributed by atoms with Crippen LogP contribution >= 0.6 is 11.3 Å². The molecule has 1 aliphatic rings. The number of anilines is 2. The molecule has 0 bridgehead atoms. The van der Waals surface area contributed by atoms with Crippen molar-refractivity contribution in [3.63, 3.8) is 0 Å². The Kier molecular flexibility index (Phi) is 3.97. The van der Waals surface area contributed by atoms with Crippen LogP contribution in [-0.2, 0) is 9.84 Å². The van der Waals surface area contributed by atoms with Crippen LogP contribution in [0.5, 0.6) is 0 Å². The van der Waals surface area contributed by atoms with Gasteiger partial charge in [0.15, 0.2) is 9.84 Å². The Morgan fingerprint density at radius 2 is 2.10 bits per heavy atom. The van der Waals surface area contributed by atoms with Gasteiger partial charge >= 0.3 is 0 Å². The predicted molar refractivity (Wildman–Crippen MR) is 81.0 cm³/mol. The molecule has 8 heteroatoms. The van der Waals surface area contributed by atoms with Crippen LogP contribution in [0, 0.1) is 5.92 Å². The van der Waals surface area contributed by atoms with E-state index in [1.807, 2.05) is 4.90 Å². The number of amides is 1. The highest BCUT2D eigenvalue weighted by molar-refractivity contribution is 7.91. The van der Waals surface area contributed by atoms with Gasteiger partial charge in [0.2, 0.25) is 0 Å². The molecule has 0 saturated carbocycles. The quantitative estimate of drug-likeness (QED) is 0.867. The number of nitrogens with zero attached hydrogens (tertiary/aromatic N) is 1. The molecule has 0 aromatic carbocycles. The molecule has 1 unspecified atom stereocenters. The third-order valence-corrected chi connectivity index (χ3v) is 5.99. The Balaban J connectivity index is 2.57. The summed E-state index contributed by atoms with van der Waals surface area (Å²) in [6, 6.07) is 0. The van der Waals surface area contributed by atoms with Crippen molar-refractivity contribution in [2.45, 2.75) is 24.7 Å². The Morgan fingerprint density at radius 3 is 2.60 bits per heavy atom. The topological polar surface area (TPSA) is 106 Å². The van der Waals surface area contributed by atoms with Crippen LogP contribution in [0.2, 0.25) is 0 Å². The van der Waals surface area contributed by atoms with Gasteiger partial charge in [0.1, 0.15) is 14.8 Å². The summed E-state index contributed by atoms with van der Waals surface area (Å²) < 4.78 is 24.0. The zero-order chi connectivity index (χ0) is 15.1. The van der Waals surface area contributed by atoms with E-state index in [9.17, 15) is 13.2 Å². The molecule has 1 aromatic heterocycles. The van der Waals surface area contributed by atoms with Crippen LogP contribution in [0.1, 0.15) is 29.4 Å². The summed E-state index contributed by atoms with van der Waals surface area (Å²) in [5.41, 5.74) is 11.1. The molecule has 4 N–H and O–H groups in total. The van der Waals surface area contributed by atoms with E-state index >= 15 is 0 Å². The van der Waals surface area contributed by atoms with Crippen LogP contribution in [0.3, 0.4) is 0 Å². The lowest BCUT2D eigenvalue weighted by Gasteiger charge is -2.32. The highest BCUT2D eigenvalue weighted by atomic mass is 32.2. The van der Waals surface area contributed by atoms with Gasteiger partial charge in [0.25, 0.3) is 5.91 Å². The molecule has 1 atom stereocenters. The smallest absolute Gasteiger partial charge is 0.261 e. The molecule has 112 valence electrons. The minimum Gasteiger partial charge on any atom is -0.396 e. The summed E-state index contributed by atoms with van der Waals surface area (Å²) >= 11 is 1.08. The summed E-state index contributed by atoms with van der Waals surface area (Å²) in [6.45, 7) is 3.66. The minimum atomic E-state index is -3.51. The molecular formula is C12H19N3O3S2. The molecule has 0 spiro atoms. The van der Waals surface area contributed by atoms with Crippen LogP contribution in [0.25, 0.3) is 0 Å². The van der Waals surface area contributed by atoms with Crippen molar-refractivity contribution in [2.24, 2.45) is 11.7 Å². The molecular weight excluding hydrogens is 298 g/mol. The van der Waals surface area contributed by atoms with E-state index in [1.54, 1.807) is 0 Å². The average Bonchev–Trinajstić information content (AvgIpc) is 2.66. The zero-order valence-electron chi connectivity index (χ0n) is 11.5. The highest BCUT2D eigenvalue weighted by Gasteiger charge is 2.30. The van der Waals surface area contributed by atoms with Crippen molar-refractivity contribution in [3.05, 3.63) is 4.88 Å². The highest BCUT2D eigenvalue weighted by Crippen LogP contribution is 2.42. The van der Waals surface area contributed by atoms with Gasteiger partial charge < -0.3 is 16.4 Å². The van der Waals surface area contributed by atoms with E-state index in [-0.39, 0.29) is 15.5 Å². The molecule has 1 aliphatic heterocycles. The number of thiophene rings is 1. The van der Waals surface area contributed by atoms with Crippen LogP contribution < -0.4 is 16.4 Å². The van der Waals surface area contributed by atoms with Gasteiger partial charge in [0.05, 0.1) is 5.69 Å². The first kappa shape index (κ1) is 15.1. The number of piperidine rings is 1. The molecule has 20 heavy (non-hydrogen) atoms. The lowest BCUT2D eigenvalue weighted by Crippen LogP contribution is -2.34. The maximum absolute atomic E-state index is 12.0. The maximum Gasteiger partial charge on any atom is 0.261 e. The number of hydrogen-bond acceptors (Lipinski definition) is 6. The third-order valence-electron chi connectivity index (χ3n) is 3.42. The number of primary amides is 1. The summed E-state index contributed by atoms with van der Waals surface area (Å²) in [6.07, 6.45) is 3.22. The predicted octanol–water partition coefficient (Wildman–Crippen LogP) is 1.07. The fourth-order valence-electron chi connectivity index (χ4n) is 2.54. The van der Waals surface area contributed by atoms with Crippen LogP contribution in [0.4, 0.5) is 10.7 Å². The van der Waals surface area contributed by atoms with Gasteiger partial charge in [-0.15, -0.1) is 11.3 Å². The number of sulfone groups is 1. The standard InChI is InChI=1S/C12H19N3O3S2/c1-7-4-3-5-15(6-7)12-10(20(2,17)18)8(13)9(19-12)11(14)16/h7H,3-6,13H2,1-2H3,(H2,14,16). The van der Waals surface area contributed by atoms with Crippen molar-refractivity contribution >= 4 is 37.8 Å². The molecule has 1 saturated heterocycles. The largest absolute Gasteiger partial charge is 0.396 e. The molecule has 1 amide bonds. The zero-order valence-corrected chi connectivity index (χ0v) is 13.2. The molecule has 2 rings (SSSR count). The van der Waals surface area contributed by atoms with Crippen molar-refractivity contribution < 1.29 is 13.2 Å². The van der Waals surface area contributed by atoms with Crippen LogP contribution in [-0.4, -0.2) is 33.7 Å². The fourth-order valence-corrected chi connectivity index (χ4v) is 5.13. The summed E-state index contributed by atoms with van der Waals surface area (Å²) in [7, 11) is -3.51. The molecule has 0 radical (unpaired) electrons. The van der Waals surface area contributed by atoms with Crippen molar-refractivity contribution in [1.82, 2.24) is 0 Å². The van der Waals surface area contributed by atoms with Gasteiger partial charge in [-0.3, -0.25) is 4.79 Å². The fraction of sp³-hybridized carbons (Fsp3) is 0.583. The summed E-state index contributed by atoms with van der Waals surface area (Å²) in [4.78, 5) is 13.6. The minimum absolute atomic E-state index is 0.0155. The van der Waals surface area contributed by atoms with Crippen molar-refractivity contribution in [2.75, 3.05) is 30.0 Å². The number of carbonyl (C=O) groups is 1. The van der Waals surface area contributed by atoms with Crippen LogP contribution in [0.15, 0.2) is 4.90 Å². The molecule has 2 heterocycles. The maximum atomic E-state index is 12.0. The van der Waals surface area contributed by atoms with Gasteiger partial charge in [0, 0.05) is 19.3 Å². The second-order valence-corrected chi connectivity index (χ2v) is 8.26. The average molecular weight is 317 g/mol. The van der Waals surface area contributed by atoms with E-state index in [4.69, 9.17) is 11.5 Å². The molecule has 1 fully saturated rings. The second-order valence-electron chi connectivity index (χ2n) is 5.31. The molecule has 1 aromatic rings. The van der Waals surface area contributed by atoms with Gasteiger partial charge in [-0.25, -0.2) is 8.42 Å². The SMILES string of the molecule is CC1CCCN(c2sc(C(N)=O)c(N)c2S(C)(=O)=O)C1. The van der Waals surface area contributed by atoms with Gasteiger partial charge in [-0.1, -0.05) is 6.92 Å². The van der Waals surface area contributed by atoms with E-state index in [2.05, 4.69) is 6.92 Å². The third kappa shape index (κ3) is 2.76. The van der Waals surface area contributed by atoms with Crippen molar-refractivity contribution in [3.8, 4) is 0 Å². The number of nitrogens with two attached hydrogens (primary N) is 2. The van der Waals surface area contributed by atoms with E-state index < -0.39 is 15.7 Å². The summed E-state index contributed by atoms with van der Waals surface area (Å²) in [5, 5.41) is 0.547. The second kappa shape index (κ2) is 5.25. The van der Waals surface area contributed by atoms with Gasteiger partial charge in [-0.2, -0.15) is 0 Å². The van der Waals surface area contributed by atoms with Gasteiger partial charge in [-0.05, 0) is 18.8 Å². The first-order valence-electron chi connectivity index (χ1n) is 6.39. The number of hydrogen-bond donors (Lipinski definition) is 2. The Morgan fingerprint density at radius 1 is 1.45 bits per heavy atom. The Bertz CT molecular complexity index is 637. The van der Waals surface area contributed by atoms with E-state index in [0.717, 1.165) is 43.5 Å². The molecule has 6 nitrogen and oxygen atoms in total. The van der Waals surface area contributed by atoms with Crippen molar-refractivity contribution in [1.29, 1.82) is 0 Å². The Hall–Kier alpha value is -1.28. The number of rotatable bonds is 3. The molecule has 0 aliphatic carbocycles. The first-order valence-corrected chi connectivity index (χ1v) is 9.09.